The van der Waals surface area contributed by atoms with Crippen molar-refractivity contribution in [2.24, 2.45) is 0 Å². The smallest absolute Gasteiger partial charge is 0.208 e. The van der Waals surface area contributed by atoms with E-state index in [0.29, 0.717) is 11.1 Å². The minimum atomic E-state index is -0.0935. The SMILES string of the molecule is Cc1[nH]c2ccc(C(C)(C)C)cc2c(=O)c1Cl. The van der Waals surface area contributed by atoms with Crippen LogP contribution in [0.15, 0.2) is 23.0 Å². The Bertz CT molecular complexity index is 635. The van der Waals surface area contributed by atoms with Crippen LogP contribution in [0.5, 0.6) is 0 Å². The molecule has 0 radical (unpaired) electrons. The van der Waals surface area contributed by atoms with E-state index in [4.69, 9.17) is 11.6 Å². The monoisotopic (exact) mass is 249 g/mol. The van der Waals surface area contributed by atoms with Crippen molar-refractivity contribution in [3.8, 4) is 0 Å². The van der Waals surface area contributed by atoms with Crippen LogP contribution in [0.4, 0.5) is 0 Å². The summed E-state index contributed by atoms with van der Waals surface area (Å²) in [7, 11) is 0. The number of H-pyrrole nitrogens is 1. The number of aryl methyl sites for hydroxylation is 1. The van der Waals surface area contributed by atoms with E-state index in [1.54, 1.807) is 6.92 Å². The Labute approximate surface area is 106 Å². The van der Waals surface area contributed by atoms with E-state index in [0.717, 1.165) is 11.1 Å². The molecule has 0 unspecified atom stereocenters. The van der Waals surface area contributed by atoms with Crippen LogP contribution in [0.25, 0.3) is 10.9 Å². The van der Waals surface area contributed by atoms with Crippen molar-refractivity contribution >= 4 is 22.5 Å². The summed E-state index contributed by atoms with van der Waals surface area (Å²) in [5.74, 6) is 0. The predicted octanol–water partition coefficient (Wildman–Crippen LogP) is 3.79. The first-order valence-electron chi connectivity index (χ1n) is 5.63. The van der Waals surface area contributed by atoms with Gasteiger partial charge in [0, 0.05) is 16.6 Å². The number of fused-ring (bicyclic) bond motifs is 1. The van der Waals surface area contributed by atoms with Crippen molar-refractivity contribution < 1.29 is 0 Å². The molecule has 2 aromatic rings. The number of hydrogen-bond donors (Lipinski definition) is 1. The summed E-state index contributed by atoms with van der Waals surface area (Å²) in [5, 5.41) is 0.941. The molecule has 1 aromatic carbocycles. The second-order valence-electron chi connectivity index (χ2n) is 5.40. The van der Waals surface area contributed by atoms with Crippen molar-refractivity contribution in [3.05, 3.63) is 44.7 Å². The Morgan fingerprint density at radius 2 is 1.88 bits per heavy atom. The third-order valence-electron chi connectivity index (χ3n) is 2.98. The second-order valence-corrected chi connectivity index (χ2v) is 5.78. The normalized spacial score (nSPS) is 12.1. The molecule has 0 atom stereocenters. The van der Waals surface area contributed by atoms with Crippen LogP contribution in [-0.4, -0.2) is 4.98 Å². The fourth-order valence-corrected chi connectivity index (χ4v) is 2.00. The third kappa shape index (κ3) is 2.09. The lowest BCUT2D eigenvalue weighted by Gasteiger charge is -2.19. The maximum Gasteiger partial charge on any atom is 0.208 e. The summed E-state index contributed by atoms with van der Waals surface area (Å²) in [6.45, 7) is 8.18. The van der Waals surface area contributed by atoms with E-state index in [1.807, 2.05) is 18.2 Å². The summed E-state index contributed by atoms with van der Waals surface area (Å²) in [6, 6.07) is 5.92. The lowest BCUT2D eigenvalue weighted by atomic mass is 9.86. The Morgan fingerprint density at radius 3 is 2.47 bits per heavy atom. The van der Waals surface area contributed by atoms with Gasteiger partial charge in [-0.25, -0.2) is 0 Å². The van der Waals surface area contributed by atoms with Crippen LogP contribution in [0.1, 0.15) is 32.0 Å². The van der Waals surface area contributed by atoms with E-state index in [9.17, 15) is 4.79 Å². The van der Waals surface area contributed by atoms with Gasteiger partial charge in [0.25, 0.3) is 0 Å². The second kappa shape index (κ2) is 3.88. The molecule has 0 bridgehead atoms. The number of nitrogens with one attached hydrogen (secondary N) is 1. The largest absolute Gasteiger partial charge is 0.357 e. The maximum absolute atomic E-state index is 12.1. The summed E-state index contributed by atoms with van der Waals surface area (Å²) in [5.41, 5.74) is 2.62. The molecule has 2 nitrogen and oxygen atoms in total. The van der Waals surface area contributed by atoms with E-state index < -0.39 is 0 Å². The number of benzene rings is 1. The molecule has 0 amide bonds. The summed E-state index contributed by atoms with van der Waals surface area (Å²) in [4.78, 5) is 15.2. The van der Waals surface area contributed by atoms with E-state index in [1.165, 1.54) is 0 Å². The van der Waals surface area contributed by atoms with Crippen molar-refractivity contribution in [3.63, 3.8) is 0 Å². The Kier molecular flexibility index (Phi) is 2.78. The zero-order valence-corrected chi connectivity index (χ0v) is 11.3. The molecule has 0 fully saturated rings. The molecule has 1 heterocycles. The van der Waals surface area contributed by atoms with Gasteiger partial charge in [-0.15, -0.1) is 0 Å². The number of rotatable bonds is 0. The van der Waals surface area contributed by atoms with Crippen LogP contribution in [-0.2, 0) is 5.41 Å². The first-order valence-corrected chi connectivity index (χ1v) is 6.01. The van der Waals surface area contributed by atoms with Crippen molar-refractivity contribution in [2.75, 3.05) is 0 Å². The molecular formula is C14H16ClNO. The number of pyridine rings is 1. The molecule has 0 saturated heterocycles. The number of aromatic amines is 1. The first kappa shape index (κ1) is 12.2. The van der Waals surface area contributed by atoms with Crippen LogP contribution < -0.4 is 5.43 Å². The molecule has 0 aliphatic rings. The van der Waals surface area contributed by atoms with E-state index in [-0.39, 0.29) is 15.9 Å². The Balaban J connectivity index is 2.83. The molecule has 90 valence electrons. The van der Waals surface area contributed by atoms with Crippen LogP contribution in [0.2, 0.25) is 5.02 Å². The zero-order chi connectivity index (χ0) is 12.8. The Morgan fingerprint density at radius 1 is 1.24 bits per heavy atom. The molecule has 0 aliphatic heterocycles. The predicted molar refractivity (Wildman–Crippen MR) is 73.0 cm³/mol. The molecule has 0 spiro atoms. The molecule has 1 N–H and O–H groups in total. The van der Waals surface area contributed by atoms with Gasteiger partial charge in [0.15, 0.2) is 0 Å². The van der Waals surface area contributed by atoms with Gasteiger partial charge < -0.3 is 4.98 Å². The fraction of sp³-hybridized carbons (Fsp3) is 0.357. The standard InChI is InChI=1S/C14H16ClNO/c1-8-12(15)13(17)10-7-9(14(2,3)4)5-6-11(10)16-8/h5-7H,1-4H3,(H,16,17). The van der Waals surface area contributed by atoms with Gasteiger partial charge in [0.2, 0.25) is 5.43 Å². The highest BCUT2D eigenvalue weighted by Gasteiger charge is 2.15. The average molecular weight is 250 g/mol. The molecule has 1 aromatic heterocycles. The number of halogens is 1. The molecule has 17 heavy (non-hydrogen) atoms. The average Bonchev–Trinajstić information content (AvgIpc) is 2.24. The third-order valence-corrected chi connectivity index (χ3v) is 3.44. The van der Waals surface area contributed by atoms with Gasteiger partial charge in [0.05, 0.1) is 0 Å². The van der Waals surface area contributed by atoms with Gasteiger partial charge >= 0.3 is 0 Å². The molecular weight excluding hydrogens is 234 g/mol. The van der Waals surface area contributed by atoms with E-state index in [2.05, 4.69) is 25.8 Å². The van der Waals surface area contributed by atoms with Gasteiger partial charge in [-0.3, -0.25) is 4.79 Å². The fourth-order valence-electron chi connectivity index (χ4n) is 1.85. The first-order chi connectivity index (χ1) is 7.80. The van der Waals surface area contributed by atoms with Crippen LogP contribution in [0, 0.1) is 6.92 Å². The highest BCUT2D eigenvalue weighted by atomic mass is 35.5. The Hall–Kier alpha value is -1.28. The molecule has 0 saturated carbocycles. The molecule has 2 rings (SSSR count). The number of aromatic nitrogens is 1. The van der Waals surface area contributed by atoms with Gasteiger partial charge in [0.1, 0.15) is 5.02 Å². The van der Waals surface area contributed by atoms with Gasteiger partial charge in [-0.05, 0) is 30.0 Å². The zero-order valence-electron chi connectivity index (χ0n) is 10.5. The lowest BCUT2D eigenvalue weighted by molar-refractivity contribution is 0.591. The van der Waals surface area contributed by atoms with Crippen molar-refractivity contribution in [2.45, 2.75) is 33.1 Å². The minimum Gasteiger partial charge on any atom is -0.357 e. The van der Waals surface area contributed by atoms with Crippen LogP contribution in [0.3, 0.4) is 0 Å². The number of hydrogen-bond acceptors (Lipinski definition) is 1. The van der Waals surface area contributed by atoms with Crippen molar-refractivity contribution in [1.29, 1.82) is 0 Å². The van der Waals surface area contributed by atoms with Gasteiger partial charge in [-0.1, -0.05) is 38.4 Å². The topological polar surface area (TPSA) is 32.9 Å². The van der Waals surface area contributed by atoms with Crippen LogP contribution >= 0.6 is 11.6 Å². The van der Waals surface area contributed by atoms with Gasteiger partial charge in [-0.2, -0.15) is 0 Å². The molecule has 3 heteroatoms. The summed E-state index contributed by atoms with van der Waals surface area (Å²) in [6.07, 6.45) is 0. The minimum absolute atomic E-state index is 0.0258. The van der Waals surface area contributed by atoms with E-state index >= 15 is 0 Å². The van der Waals surface area contributed by atoms with Crippen molar-refractivity contribution in [1.82, 2.24) is 4.98 Å². The lowest BCUT2D eigenvalue weighted by Crippen LogP contribution is -2.13. The summed E-state index contributed by atoms with van der Waals surface area (Å²) >= 11 is 5.98. The summed E-state index contributed by atoms with van der Waals surface area (Å²) < 4.78 is 0. The molecule has 0 aliphatic carbocycles. The highest BCUT2D eigenvalue weighted by molar-refractivity contribution is 6.31. The highest BCUT2D eigenvalue weighted by Crippen LogP contribution is 2.25. The quantitative estimate of drug-likeness (QED) is 0.757. The maximum atomic E-state index is 12.1.